The molecule has 0 aliphatic carbocycles. The Morgan fingerprint density at radius 2 is 2.11 bits per heavy atom. The van der Waals surface area contributed by atoms with Crippen molar-refractivity contribution >= 4 is 23.2 Å². The Kier molecular flexibility index (Phi) is 5.05. The molecular formula is C13H20N2O3S. The average Bonchev–Trinajstić information content (AvgIpc) is 2.60. The first-order valence-electron chi connectivity index (χ1n) is 6.12. The first kappa shape index (κ1) is 15.6. The standard InChI is InChI=1S/C13H20N2O3S/c1-8-14-7-10(19-8)12(18)15-9(5-11(16)17)6-13(2,3)4/h7,9H,5-6H2,1-4H3,(H,15,18)(H,16,17). The number of carbonyl (C=O) groups is 2. The Bertz CT molecular complexity index is 463. The van der Waals surface area contributed by atoms with Crippen molar-refractivity contribution in [1.82, 2.24) is 10.3 Å². The Hall–Kier alpha value is -1.43. The van der Waals surface area contributed by atoms with E-state index < -0.39 is 5.97 Å². The van der Waals surface area contributed by atoms with Crippen molar-refractivity contribution in [2.45, 2.75) is 46.6 Å². The molecule has 5 nitrogen and oxygen atoms in total. The summed E-state index contributed by atoms with van der Waals surface area (Å²) in [6, 6.07) is -0.368. The zero-order chi connectivity index (χ0) is 14.6. The SMILES string of the molecule is Cc1ncc(C(=O)NC(CC(=O)O)CC(C)(C)C)s1. The summed E-state index contributed by atoms with van der Waals surface area (Å²) >= 11 is 1.30. The fourth-order valence-electron chi connectivity index (χ4n) is 1.85. The minimum Gasteiger partial charge on any atom is -0.481 e. The number of thiazole rings is 1. The number of amides is 1. The summed E-state index contributed by atoms with van der Waals surface area (Å²) < 4.78 is 0. The summed E-state index contributed by atoms with van der Waals surface area (Å²) in [4.78, 5) is 27.4. The lowest BCUT2D eigenvalue weighted by Crippen LogP contribution is -2.38. The largest absolute Gasteiger partial charge is 0.481 e. The topological polar surface area (TPSA) is 79.3 Å². The number of carboxylic acids is 1. The number of rotatable bonds is 5. The molecule has 0 saturated heterocycles. The van der Waals surface area contributed by atoms with Crippen LogP contribution in [-0.2, 0) is 4.79 Å². The number of aryl methyl sites for hydroxylation is 1. The molecule has 0 saturated carbocycles. The van der Waals surface area contributed by atoms with Crippen LogP contribution in [0.15, 0.2) is 6.20 Å². The van der Waals surface area contributed by atoms with Crippen LogP contribution in [0.3, 0.4) is 0 Å². The van der Waals surface area contributed by atoms with Crippen molar-refractivity contribution < 1.29 is 14.7 Å². The first-order chi connectivity index (χ1) is 8.67. The third-order valence-electron chi connectivity index (χ3n) is 2.46. The third-order valence-corrected chi connectivity index (χ3v) is 3.37. The highest BCUT2D eigenvalue weighted by atomic mass is 32.1. The molecule has 1 unspecified atom stereocenters. The van der Waals surface area contributed by atoms with Gasteiger partial charge in [0.15, 0.2) is 0 Å². The quantitative estimate of drug-likeness (QED) is 0.870. The van der Waals surface area contributed by atoms with E-state index in [-0.39, 0.29) is 23.8 Å². The van der Waals surface area contributed by atoms with Gasteiger partial charge in [-0.1, -0.05) is 20.8 Å². The van der Waals surface area contributed by atoms with E-state index in [0.29, 0.717) is 11.3 Å². The molecule has 0 fully saturated rings. The average molecular weight is 284 g/mol. The normalized spacial score (nSPS) is 13.1. The highest BCUT2D eigenvalue weighted by Crippen LogP contribution is 2.22. The number of aromatic nitrogens is 1. The second-order valence-electron chi connectivity index (χ2n) is 5.78. The molecule has 106 valence electrons. The second-order valence-corrected chi connectivity index (χ2v) is 7.01. The number of hydrogen-bond donors (Lipinski definition) is 2. The minimum absolute atomic E-state index is 0.0446. The number of carboxylic acid groups (broad SMARTS) is 1. The first-order valence-corrected chi connectivity index (χ1v) is 6.94. The van der Waals surface area contributed by atoms with E-state index in [9.17, 15) is 9.59 Å². The molecule has 1 heterocycles. The highest BCUT2D eigenvalue weighted by Gasteiger charge is 2.23. The number of carbonyl (C=O) groups excluding carboxylic acids is 1. The minimum atomic E-state index is -0.907. The van der Waals surface area contributed by atoms with Gasteiger partial charge in [-0.3, -0.25) is 9.59 Å². The van der Waals surface area contributed by atoms with Crippen LogP contribution in [-0.4, -0.2) is 28.0 Å². The van der Waals surface area contributed by atoms with Gasteiger partial charge in [0.25, 0.3) is 5.91 Å². The summed E-state index contributed by atoms with van der Waals surface area (Å²) in [6.07, 6.45) is 2.06. The van der Waals surface area contributed by atoms with E-state index in [1.807, 2.05) is 27.7 Å². The smallest absolute Gasteiger partial charge is 0.305 e. The van der Waals surface area contributed by atoms with E-state index >= 15 is 0 Å². The molecule has 1 amide bonds. The molecule has 1 rings (SSSR count). The van der Waals surface area contributed by atoms with Crippen LogP contribution in [0, 0.1) is 12.3 Å². The maximum Gasteiger partial charge on any atom is 0.305 e. The molecule has 0 radical (unpaired) electrons. The summed E-state index contributed by atoms with van der Waals surface area (Å²) in [5.41, 5.74) is -0.0446. The van der Waals surface area contributed by atoms with E-state index in [2.05, 4.69) is 10.3 Å². The Balaban J connectivity index is 2.71. The van der Waals surface area contributed by atoms with Gasteiger partial charge < -0.3 is 10.4 Å². The van der Waals surface area contributed by atoms with Crippen molar-refractivity contribution in [3.63, 3.8) is 0 Å². The number of nitrogens with one attached hydrogen (secondary N) is 1. The predicted octanol–water partition coefficient (Wildman–Crippen LogP) is 2.46. The van der Waals surface area contributed by atoms with Gasteiger partial charge in [-0.05, 0) is 18.8 Å². The van der Waals surface area contributed by atoms with E-state index in [1.54, 1.807) is 0 Å². The Morgan fingerprint density at radius 3 is 2.53 bits per heavy atom. The van der Waals surface area contributed by atoms with Crippen LogP contribution in [0.1, 0.15) is 48.3 Å². The fourth-order valence-corrected chi connectivity index (χ4v) is 2.53. The van der Waals surface area contributed by atoms with Crippen molar-refractivity contribution in [2.24, 2.45) is 5.41 Å². The lowest BCUT2D eigenvalue weighted by Gasteiger charge is -2.25. The van der Waals surface area contributed by atoms with Gasteiger partial charge in [0.05, 0.1) is 17.6 Å². The fraction of sp³-hybridized carbons (Fsp3) is 0.615. The zero-order valence-electron chi connectivity index (χ0n) is 11.7. The summed E-state index contributed by atoms with van der Waals surface area (Å²) in [7, 11) is 0. The van der Waals surface area contributed by atoms with Crippen molar-refractivity contribution in [1.29, 1.82) is 0 Å². The lowest BCUT2D eigenvalue weighted by atomic mass is 9.87. The van der Waals surface area contributed by atoms with E-state index in [4.69, 9.17) is 5.11 Å². The van der Waals surface area contributed by atoms with Crippen LogP contribution in [0.2, 0.25) is 0 Å². The molecule has 0 aromatic carbocycles. The summed E-state index contributed by atoms with van der Waals surface area (Å²) in [6.45, 7) is 7.88. The molecule has 2 N–H and O–H groups in total. The van der Waals surface area contributed by atoms with Gasteiger partial charge >= 0.3 is 5.97 Å². The van der Waals surface area contributed by atoms with Crippen LogP contribution in [0.25, 0.3) is 0 Å². The summed E-state index contributed by atoms with van der Waals surface area (Å²) in [5, 5.41) is 12.5. The Morgan fingerprint density at radius 1 is 1.47 bits per heavy atom. The van der Waals surface area contributed by atoms with Gasteiger partial charge in [0.1, 0.15) is 4.88 Å². The summed E-state index contributed by atoms with van der Waals surface area (Å²) in [5.74, 6) is -1.16. The maximum atomic E-state index is 12.0. The molecule has 1 atom stereocenters. The van der Waals surface area contributed by atoms with Crippen molar-refractivity contribution in [3.8, 4) is 0 Å². The molecule has 0 bridgehead atoms. The van der Waals surface area contributed by atoms with E-state index in [1.165, 1.54) is 17.5 Å². The van der Waals surface area contributed by atoms with E-state index in [0.717, 1.165) is 5.01 Å². The predicted molar refractivity (Wildman–Crippen MR) is 74.4 cm³/mol. The highest BCUT2D eigenvalue weighted by molar-refractivity contribution is 7.13. The van der Waals surface area contributed by atoms with Gasteiger partial charge in [-0.15, -0.1) is 11.3 Å². The maximum absolute atomic E-state index is 12.0. The van der Waals surface area contributed by atoms with Gasteiger partial charge in [-0.2, -0.15) is 0 Å². The molecule has 6 heteroatoms. The van der Waals surface area contributed by atoms with Gasteiger partial charge in [-0.25, -0.2) is 4.98 Å². The molecule has 1 aromatic rings. The monoisotopic (exact) mass is 284 g/mol. The molecule has 0 spiro atoms. The third kappa shape index (κ3) is 5.83. The Labute approximate surface area is 117 Å². The van der Waals surface area contributed by atoms with Crippen LogP contribution in [0.4, 0.5) is 0 Å². The van der Waals surface area contributed by atoms with Crippen LogP contribution >= 0.6 is 11.3 Å². The molecule has 0 aliphatic rings. The second kappa shape index (κ2) is 6.14. The molecule has 0 aliphatic heterocycles. The van der Waals surface area contributed by atoms with Crippen molar-refractivity contribution in [2.75, 3.05) is 0 Å². The van der Waals surface area contributed by atoms with Crippen LogP contribution in [0.5, 0.6) is 0 Å². The zero-order valence-corrected chi connectivity index (χ0v) is 12.5. The lowest BCUT2D eigenvalue weighted by molar-refractivity contribution is -0.137. The number of hydrogen-bond acceptors (Lipinski definition) is 4. The van der Waals surface area contributed by atoms with Crippen molar-refractivity contribution in [3.05, 3.63) is 16.1 Å². The number of aliphatic carboxylic acids is 1. The molecule has 19 heavy (non-hydrogen) atoms. The van der Waals surface area contributed by atoms with Crippen LogP contribution < -0.4 is 5.32 Å². The van der Waals surface area contributed by atoms with Gasteiger partial charge in [0, 0.05) is 6.04 Å². The van der Waals surface area contributed by atoms with Gasteiger partial charge in [0.2, 0.25) is 0 Å². The number of nitrogens with zero attached hydrogens (tertiary/aromatic N) is 1. The molecular weight excluding hydrogens is 264 g/mol. The molecule has 1 aromatic heterocycles.